The summed E-state index contributed by atoms with van der Waals surface area (Å²) in [5, 5.41) is 9.71. The lowest BCUT2D eigenvalue weighted by Crippen LogP contribution is -2.42. The van der Waals surface area contributed by atoms with Crippen LogP contribution in [0.25, 0.3) is 5.00 Å². The molecule has 0 bridgehead atoms. The normalized spacial score (nSPS) is 16.0. The Kier molecular flexibility index (Phi) is 6.20. The molecule has 0 radical (unpaired) electrons. The van der Waals surface area contributed by atoms with E-state index in [0.29, 0.717) is 12.1 Å². The minimum atomic E-state index is 0. The number of aryl methyl sites for hydroxylation is 2. The summed E-state index contributed by atoms with van der Waals surface area (Å²) in [6.07, 6.45) is 1.73. The molecule has 0 aliphatic carbocycles. The van der Waals surface area contributed by atoms with Crippen LogP contribution in [-0.2, 0) is 6.54 Å². The molecular formula is C23H27ClN6OS. The molecule has 5 rings (SSSR count). The van der Waals surface area contributed by atoms with Gasteiger partial charge in [-0.2, -0.15) is 0 Å². The van der Waals surface area contributed by atoms with Crippen LogP contribution in [0, 0.1) is 20.8 Å². The Bertz CT molecular complexity index is 1190. The van der Waals surface area contributed by atoms with Crippen LogP contribution in [0.2, 0.25) is 0 Å². The molecule has 1 saturated heterocycles. The first-order valence-electron chi connectivity index (χ1n) is 10.7. The molecule has 1 amide bonds. The number of nitrogens with zero attached hydrogens (tertiary/aromatic N) is 5. The summed E-state index contributed by atoms with van der Waals surface area (Å²) in [6, 6.07) is 8.06. The molecule has 9 heteroatoms. The van der Waals surface area contributed by atoms with E-state index in [-0.39, 0.29) is 24.4 Å². The second kappa shape index (κ2) is 8.77. The zero-order valence-corrected chi connectivity index (χ0v) is 20.1. The molecule has 4 heterocycles. The second-order valence-electron chi connectivity index (χ2n) is 8.33. The molecule has 2 aromatic heterocycles. The van der Waals surface area contributed by atoms with Crippen molar-refractivity contribution < 1.29 is 4.79 Å². The number of rotatable bonds is 2. The number of amides is 1. The third-order valence-electron chi connectivity index (χ3n) is 6.31. The summed E-state index contributed by atoms with van der Waals surface area (Å²) in [4.78, 5) is 21.0. The van der Waals surface area contributed by atoms with Crippen LogP contribution in [-0.4, -0.2) is 50.4 Å². The number of piperidine rings is 1. The van der Waals surface area contributed by atoms with Gasteiger partial charge in [-0.25, -0.2) is 0 Å². The summed E-state index contributed by atoms with van der Waals surface area (Å²) < 4.78 is 2.12. The number of benzene rings is 1. The molecule has 7 nitrogen and oxygen atoms in total. The highest BCUT2D eigenvalue weighted by Crippen LogP contribution is 2.36. The molecule has 2 N–H and O–H groups in total. The van der Waals surface area contributed by atoms with Gasteiger partial charge in [0.15, 0.2) is 5.82 Å². The van der Waals surface area contributed by atoms with Gasteiger partial charge in [0.05, 0.1) is 5.71 Å². The second-order valence-corrected chi connectivity index (χ2v) is 9.54. The van der Waals surface area contributed by atoms with Gasteiger partial charge < -0.3 is 10.6 Å². The number of likely N-dealkylation sites (tertiary alicyclic amines) is 1. The average molecular weight is 471 g/mol. The van der Waals surface area contributed by atoms with Crippen molar-refractivity contribution in [1.82, 2.24) is 19.7 Å². The smallest absolute Gasteiger partial charge is 0.253 e. The number of halogens is 1. The number of carbonyl (C=O) groups is 1. The van der Waals surface area contributed by atoms with Gasteiger partial charge in [0, 0.05) is 40.7 Å². The van der Waals surface area contributed by atoms with Crippen molar-refractivity contribution in [1.29, 1.82) is 0 Å². The van der Waals surface area contributed by atoms with Gasteiger partial charge in [0.25, 0.3) is 5.91 Å². The number of hydrogen-bond donors (Lipinski definition) is 1. The van der Waals surface area contributed by atoms with Gasteiger partial charge in [-0.15, -0.1) is 33.9 Å². The maximum atomic E-state index is 12.9. The molecule has 3 aromatic rings. The van der Waals surface area contributed by atoms with Crippen molar-refractivity contribution in [3.63, 3.8) is 0 Å². The Morgan fingerprint density at radius 1 is 1.09 bits per heavy atom. The number of fused-ring (bicyclic) bond motifs is 3. The Balaban J connectivity index is 0.00000245. The quantitative estimate of drug-likeness (QED) is 0.619. The number of carbonyl (C=O) groups excluding carboxylic acids is 1. The van der Waals surface area contributed by atoms with Gasteiger partial charge in [0.2, 0.25) is 0 Å². The van der Waals surface area contributed by atoms with E-state index in [1.165, 1.54) is 10.4 Å². The van der Waals surface area contributed by atoms with Gasteiger partial charge in [-0.3, -0.25) is 14.4 Å². The third-order valence-corrected chi connectivity index (χ3v) is 7.50. The van der Waals surface area contributed by atoms with E-state index >= 15 is 0 Å². The van der Waals surface area contributed by atoms with E-state index in [1.807, 2.05) is 36.1 Å². The van der Waals surface area contributed by atoms with Crippen LogP contribution in [0.5, 0.6) is 0 Å². The maximum Gasteiger partial charge on any atom is 0.253 e. The summed E-state index contributed by atoms with van der Waals surface area (Å²) >= 11 is 1.75. The topological polar surface area (TPSA) is 89.4 Å². The summed E-state index contributed by atoms with van der Waals surface area (Å²) in [7, 11) is 0. The molecule has 1 aromatic carbocycles. The molecule has 0 saturated carbocycles. The summed E-state index contributed by atoms with van der Waals surface area (Å²) in [5.74, 6) is 1.80. The molecule has 1 fully saturated rings. The highest BCUT2D eigenvalue weighted by molar-refractivity contribution is 7.15. The molecule has 2 aliphatic rings. The van der Waals surface area contributed by atoms with E-state index in [2.05, 4.69) is 28.6 Å². The third kappa shape index (κ3) is 3.76. The van der Waals surface area contributed by atoms with E-state index in [0.717, 1.165) is 59.4 Å². The first-order chi connectivity index (χ1) is 14.9. The first-order valence-corrected chi connectivity index (χ1v) is 11.5. The monoisotopic (exact) mass is 470 g/mol. The molecule has 168 valence electrons. The Morgan fingerprint density at radius 2 is 1.78 bits per heavy atom. The SMILES string of the molecule is Cc1sc2c(c1C)C(c1ccc(C(=O)N3CCC(N)CC3)cc1)=NCc1nnc(C)n1-2.Cl. The van der Waals surface area contributed by atoms with Crippen molar-refractivity contribution in [3.8, 4) is 5.00 Å². The molecule has 32 heavy (non-hydrogen) atoms. The Labute approximate surface area is 197 Å². The fourth-order valence-electron chi connectivity index (χ4n) is 4.34. The van der Waals surface area contributed by atoms with Gasteiger partial charge >= 0.3 is 0 Å². The van der Waals surface area contributed by atoms with Crippen LogP contribution in [0.15, 0.2) is 29.3 Å². The standard InChI is InChI=1S/C23H26N6OS.ClH/c1-13-14(2)31-23-20(13)21(25-12-19-27-26-15(3)29(19)23)16-4-6-17(7-5-16)22(30)28-10-8-18(24)9-11-28;/h4-7,18H,8-12,24H2,1-3H3;1H. The zero-order chi connectivity index (χ0) is 21.7. The molecule has 0 atom stereocenters. The van der Waals surface area contributed by atoms with Crippen LogP contribution in [0.4, 0.5) is 0 Å². The Hall–Kier alpha value is -2.55. The van der Waals surface area contributed by atoms with Crippen LogP contribution >= 0.6 is 23.7 Å². The summed E-state index contributed by atoms with van der Waals surface area (Å²) in [6.45, 7) is 8.18. The molecular weight excluding hydrogens is 444 g/mol. The van der Waals surface area contributed by atoms with E-state index in [9.17, 15) is 4.79 Å². The molecule has 0 unspecified atom stereocenters. The maximum absolute atomic E-state index is 12.9. The number of thiophene rings is 1. The fraction of sp³-hybridized carbons (Fsp3) is 0.391. The van der Waals surface area contributed by atoms with Crippen molar-refractivity contribution in [2.75, 3.05) is 13.1 Å². The van der Waals surface area contributed by atoms with Crippen molar-refractivity contribution in [2.45, 2.75) is 46.2 Å². The van der Waals surface area contributed by atoms with Crippen LogP contribution in [0.1, 0.15) is 56.4 Å². The van der Waals surface area contributed by atoms with Gasteiger partial charge in [-0.1, -0.05) is 12.1 Å². The lowest BCUT2D eigenvalue weighted by atomic mass is 9.98. The predicted molar refractivity (Wildman–Crippen MR) is 130 cm³/mol. The van der Waals surface area contributed by atoms with Crippen molar-refractivity contribution in [2.24, 2.45) is 10.7 Å². The van der Waals surface area contributed by atoms with Gasteiger partial charge in [-0.05, 0) is 51.3 Å². The predicted octanol–water partition coefficient (Wildman–Crippen LogP) is 3.59. The fourth-order valence-corrected chi connectivity index (χ4v) is 5.56. The highest BCUT2D eigenvalue weighted by Gasteiger charge is 2.27. The lowest BCUT2D eigenvalue weighted by molar-refractivity contribution is 0.0715. The van der Waals surface area contributed by atoms with Gasteiger partial charge in [0.1, 0.15) is 17.4 Å². The lowest BCUT2D eigenvalue weighted by Gasteiger charge is -2.30. The minimum Gasteiger partial charge on any atom is -0.339 e. The Morgan fingerprint density at radius 3 is 2.47 bits per heavy atom. The van der Waals surface area contributed by atoms with E-state index in [1.54, 1.807) is 11.3 Å². The van der Waals surface area contributed by atoms with E-state index in [4.69, 9.17) is 10.7 Å². The number of aromatic nitrogens is 3. The number of hydrogen-bond acceptors (Lipinski definition) is 6. The highest BCUT2D eigenvalue weighted by atomic mass is 35.5. The minimum absolute atomic E-state index is 0. The van der Waals surface area contributed by atoms with Crippen LogP contribution < -0.4 is 5.73 Å². The molecule has 0 spiro atoms. The average Bonchev–Trinajstić information content (AvgIpc) is 3.22. The van der Waals surface area contributed by atoms with E-state index < -0.39 is 0 Å². The number of aliphatic imine (C=N–C) groups is 1. The number of nitrogens with two attached hydrogens (primary N) is 1. The molecule has 2 aliphatic heterocycles. The zero-order valence-electron chi connectivity index (χ0n) is 18.5. The largest absolute Gasteiger partial charge is 0.339 e. The van der Waals surface area contributed by atoms with Crippen molar-refractivity contribution in [3.05, 3.63) is 63.0 Å². The van der Waals surface area contributed by atoms with Crippen LogP contribution in [0.3, 0.4) is 0 Å². The van der Waals surface area contributed by atoms with Crippen molar-refractivity contribution >= 4 is 35.4 Å². The first kappa shape index (κ1) is 22.6. The summed E-state index contributed by atoms with van der Waals surface area (Å²) in [5.41, 5.74) is 11.0.